The molecule has 2 amide bonds. The van der Waals surface area contributed by atoms with Crippen LogP contribution in [0.2, 0.25) is 0 Å². The van der Waals surface area contributed by atoms with Gasteiger partial charge in [0.15, 0.2) is 5.78 Å². The van der Waals surface area contributed by atoms with Gasteiger partial charge in [0.2, 0.25) is 17.8 Å². The first-order chi connectivity index (χ1) is 29.6. The first kappa shape index (κ1) is 54.6. The molecule has 0 aliphatic carbocycles. The Kier molecular flexibility index (Phi) is 20.2. The molecular weight excluding hydrogens is 965 g/mol. The standard InChI is InChI=1S/C31H47N6O22P3S2/c1-4-18(29(45)46)34-27(43)16(9-24(41)42)8-20(39)19(33-15(3)38)6-5-7-63-64-13-14(2)56-31(47)37-11-17(25-26(37)28(44)36-30(32)35-25)22-10-21(40)23(57-22)12-55-61(51,52)59-62(53,54)58-60(48,49)50/h11,14,16,18-19,21-23,40H,4-10,12-13H2,1-3H3,(H,33,38)(H,34,43)(H,41,42)(H,45,46)(H,51,52)(H,53,54)(H2,48,49,50)(H3,32,35,36,44). The van der Waals surface area contributed by atoms with Gasteiger partial charge in [0.1, 0.15) is 29.3 Å². The SMILES string of the molecule is CCC(NC(=O)C(CC(=O)O)CC(=O)C(CCCSSCC(C)OC(=O)n1cc(C2CC(O)C(COP(=O)(O)OP(=O)(O)OP(=O)(O)O)O2)c2nc(N)[nH]c(=O)c21)NC(C)=O)C(=O)O. The molecule has 28 nitrogen and oxygen atoms in total. The first-order valence-corrected chi connectivity index (χ1v) is 25.7. The van der Waals surface area contributed by atoms with E-state index < -0.39 is 127 Å². The number of hydrogen-bond acceptors (Lipinski definition) is 20. The molecule has 0 bridgehead atoms. The number of rotatable bonds is 26. The number of aliphatic hydroxyl groups is 1. The minimum Gasteiger partial charge on any atom is -0.481 e. The fourth-order valence-corrected chi connectivity index (χ4v) is 11.3. The Labute approximate surface area is 369 Å². The van der Waals surface area contributed by atoms with Gasteiger partial charge in [-0.2, -0.15) is 8.62 Å². The van der Waals surface area contributed by atoms with Gasteiger partial charge in [0.05, 0.1) is 37.2 Å². The summed E-state index contributed by atoms with van der Waals surface area (Å²) in [6, 6.07) is -2.37. The van der Waals surface area contributed by atoms with E-state index in [1.54, 1.807) is 6.92 Å². The lowest BCUT2D eigenvalue weighted by Crippen LogP contribution is -2.46. The molecule has 9 unspecified atom stereocenters. The normalized spacial score (nSPS) is 20.3. The van der Waals surface area contributed by atoms with E-state index in [0.717, 1.165) is 10.8 Å². The molecule has 12 N–H and O–H groups in total. The molecule has 64 heavy (non-hydrogen) atoms. The van der Waals surface area contributed by atoms with Crippen LogP contribution >= 0.6 is 45.1 Å². The molecule has 0 saturated carbocycles. The third-order valence-corrected chi connectivity index (χ3v) is 15.2. The van der Waals surface area contributed by atoms with Gasteiger partial charge in [0, 0.05) is 43.0 Å². The number of carboxylic acids is 2. The highest BCUT2D eigenvalue weighted by molar-refractivity contribution is 8.76. The van der Waals surface area contributed by atoms with Crippen LogP contribution in [0.3, 0.4) is 0 Å². The number of fused-ring (bicyclic) bond motifs is 1. The number of aromatic nitrogens is 3. The van der Waals surface area contributed by atoms with E-state index >= 15 is 0 Å². The number of carboxylic acid groups (broad SMARTS) is 2. The largest absolute Gasteiger partial charge is 0.490 e. The van der Waals surface area contributed by atoms with Gasteiger partial charge in [-0.25, -0.2) is 32.8 Å². The summed E-state index contributed by atoms with van der Waals surface area (Å²) in [6.45, 7) is 3.22. The smallest absolute Gasteiger partial charge is 0.481 e. The lowest BCUT2D eigenvalue weighted by atomic mass is 9.92. The Morgan fingerprint density at radius 3 is 2.30 bits per heavy atom. The highest BCUT2D eigenvalue weighted by Crippen LogP contribution is 2.66. The van der Waals surface area contributed by atoms with Crippen molar-refractivity contribution in [2.45, 2.75) is 95.8 Å². The number of hydrogen-bond donors (Lipinski definition) is 11. The van der Waals surface area contributed by atoms with Crippen LogP contribution in [0.15, 0.2) is 11.0 Å². The van der Waals surface area contributed by atoms with Crippen molar-refractivity contribution in [3.05, 3.63) is 22.1 Å². The second-order valence-corrected chi connectivity index (χ2v) is 21.0. The van der Waals surface area contributed by atoms with Crippen molar-refractivity contribution in [1.82, 2.24) is 25.2 Å². The fraction of sp³-hybridized carbons (Fsp3) is 0.613. The Morgan fingerprint density at radius 2 is 1.70 bits per heavy atom. The maximum absolute atomic E-state index is 13.4. The number of nitrogens with zero attached hydrogens (tertiary/aromatic N) is 2. The van der Waals surface area contributed by atoms with E-state index in [-0.39, 0.29) is 47.6 Å². The number of nitrogens with two attached hydrogens (primary N) is 1. The fourth-order valence-electron chi connectivity index (χ4n) is 5.96. The number of H-pyrrole nitrogens is 1. The second kappa shape index (κ2) is 23.6. The number of carbonyl (C=O) groups excluding carboxylic acids is 4. The molecule has 1 aliphatic heterocycles. The maximum atomic E-state index is 13.4. The number of phosphoric acid groups is 3. The zero-order valence-electron chi connectivity index (χ0n) is 33.9. The van der Waals surface area contributed by atoms with Crippen LogP contribution in [0.4, 0.5) is 10.7 Å². The summed E-state index contributed by atoms with van der Waals surface area (Å²) >= 11 is 0. The molecule has 1 aliphatic rings. The Morgan fingerprint density at radius 1 is 1.03 bits per heavy atom. The van der Waals surface area contributed by atoms with E-state index in [1.165, 1.54) is 35.4 Å². The van der Waals surface area contributed by atoms with E-state index in [9.17, 15) is 72.4 Å². The van der Waals surface area contributed by atoms with Crippen LogP contribution in [0.25, 0.3) is 11.0 Å². The van der Waals surface area contributed by atoms with Crippen molar-refractivity contribution >= 4 is 97.7 Å². The number of aromatic amines is 1. The molecule has 1 saturated heterocycles. The molecule has 0 spiro atoms. The van der Waals surface area contributed by atoms with Crippen LogP contribution in [0.1, 0.15) is 71.0 Å². The minimum atomic E-state index is -5.82. The summed E-state index contributed by atoms with van der Waals surface area (Å²) in [5.41, 5.74) is 4.42. The molecule has 2 aromatic heterocycles. The van der Waals surface area contributed by atoms with E-state index in [4.69, 9.17) is 25.0 Å². The second-order valence-electron chi connectivity index (χ2n) is 13.9. The monoisotopic (exact) mass is 1010 g/mol. The van der Waals surface area contributed by atoms with Gasteiger partial charge < -0.3 is 60.7 Å². The predicted octanol–water partition coefficient (Wildman–Crippen LogP) is 0.910. The zero-order chi connectivity index (χ0) is 48.3. The van der Waals surface area contributed by atoms with Crippen molar-refractivity contribution in [2.75, 3.05) is 23.8 Å². The molecule has 0 radical (unpaired) electrons. The van der Waals surface area contributed by atoms with E-state index in [2.05, 4.69) is 33.7 Å². The van der Waals surface area contributed by atoms with Crippen molar-refractivity contribution in [1.29, 1.82) is 0 Å². The van der Waals surface area contributed by atoms with Crippen LogP contribution in [-0.2, 0) is 60.3 Å². The number of anilines is 1. The van der Waals surface area contributed by atoms with Gasteiger partial charge in [-0.15, -0.1) is 0 Å². The average Bonchev–Trinajstić information content (AvgIpc) is 3.71. The Bertz CT molecular complexity index is 2260. The molecule has 2 aromatic rings. The third kappa shape index (κ3) is 17.2. The summed E-state index contributed by atoms with van der Waals surface area (Å²) in [4.78, 5) is 130. The summed E-state index contributed by atoms with van der Waals surface area (Å²) in [7, 11) is -14.5. The number of ketones is 1. The van der Waals surface area contributed by atoms with Crippen molar-refractivity contribution in [2.24, 2.45) is 5.92 Å². The number of carbonyl (C=O) groups is 6. The number of amides is 2. The molecule has 33 heteroatoms. The topological polar surface area (TPSA) is 442 Å². The van der Waals surface area contributed by atoms with Crippen LogP contribution in [0.5, 0.6) is 0 Å². The lowest BCUT2D eigenvalue weighted by Gasteiger charge is -2.21. The summed E-state index contributed by atoms with van der Waals surface area (Å²) in [5.74, 6) is -5.98. The van der Waals surface area contributed by atoms with Crippen LogP contribution in [0, 0.1) is 5.92 Å². The zero-order valence-corrected chi connectivity index (χ0v) is 38.2. The summed E-state index contributed by atoms with van der Waals surface area (Å²) in [6.07, 6.45) is -5.94. The van der Waals surface area contributed by atoms with Crippen molar-refractivity contribution in [3.63, 3.8) is 0 Å². The van der Waals surface area contributed by atoms with Gasteiger partial charge in [-0.3, -0.25) is 33.5 Å². The summed E-state index contributed by atoms with van der Waals surface area (Å²) < 4.78 is 58.6. The molecule has 9 atom stereocenters. The molecule has 3 rings (SSSR count). The number of nitrogens with one attached hydrogen (secondary N) is 3. The number of phosphoric ester groups is 1. The van der Waals surface area contributed by atoms with Crippen molar-refractivity contribution in [3.8, 4) is 0 Å². The number of aliphatic carboxylic acids is 2. The van der Waals surface area contributed by atoms with Gasteiger partial charge >= 0.3 is 41.5 Å². The molecule has 360 valence electrons. The highest BCUT2D eigenvalue weighted by Gasteiger charge is 2.43. The van der Waals surface area contributed by atoms with Gasteiger partial charge in [-0.05, 0) is 26.2 Å². The maximum Gasteiger partial charge on any atom is 0.490 e. The lowest BCUT2D eigenvalue weighted by molar-refractivity contribution is -0.144. The average molecular weight is 1010 g/mol. The number of aliphatic hydroxyl groups excluding tert-OH is 1. The Balaban J connectivity index is 1.59. The number of nitrogen functional groups attached to an aromatic ring is 1. The van der Waals surface area contributed by atoms with Crippen molar-refractivity contribution < 1.29 is 100.0 Å². The minimum absolute atomic E-state index is 0.0123. The number of Topliss-reactive ketones (excluding diaryl/α,β-unsaturated/α-hetero) is 1. The third-order valence-electron chi connectivity index (χ3n) is 8.72. The number of ether oxygens (including phenoxy) is 2. The molecule has 3 heterocycles. The molecular formula is C31H47N6O22P3S2. The van der Waals surface area contributed by atoms with E-state index in [1.807, 2.05) is 0 Å². The molecule has 0 aromatic carbocycles. The summed E-state index contributed by atoms with van der Waals surface area (Å²) in [5, 5.41) is 33.9. The van der Waals surface area contributed by atoms with Crippen LogP contribution < -0.4 is 21.9 Å². The Hall–Kier alpha value is -3.73. The van der Waals surface area contributed by atoms with Gasteiger partial charge in [0.25, 0.3) is 5.56 Å². The van der Waals surface area contributed by atoms with Crippen LogP contribution in [-0.4, -0.2) is 134 Å². The van der Waals surface area contributed by atoms with Gasteiger partial charge in [-0.1, -0.05) is 28.5 Å². The predicted molar refractivity (Wildman–Crippen MR) is 221 cm³/mol. The quantitative estimate of drug-likeness (QED) is 0.0354. The highest BCUT2D eigenvalue weighted by atomic mass is 33.1. The van der Waals surface area contributed by atoms with E-state index in [0.29, 0.717) is 12.2 Å². The molecule has 1 fully saturated rings. The first-order valence-electron chi connectivity index (χ1n) is 18.6.